The molecule has 1 atom stereocenters. The molecule has 0 saturated carbocycles. The van der Waals surface area contributed by atoms with Gasteiger partial charge in [0.25, 0.3) is 5.91 Å². The van der Waals surface area contributed by atoms with Crippen molar-refractivity contribution in [1.29, 1.82) is 0 Å². The first kappa shape index (κ1) is 22.2. The second kappa shape index (κ2) is 10.1. The summed E-state index contributed by atoms with van der Waals surface area (Å²) >= 11 is 0. The van der Waals surface area contributed by atoms with E-state index in [1.165, 1.54) is 28.5 Å². The molecular formula is C26H31N3O3. The van der Waals surface area contributed by atoms with Crippen molar-refractivity contribution < 1.29 is 13.9 Å². The van der Waals surface area contributed by atoms with Crippen molar-refractivity contribution in [3.63, 3.8) is 0 Å². The van der Waals surface area contributed by atoms with E-state index in [4.69, 9.17) is 9.15 Å². The van der Waals surface area contributed by atoms with Gasteiger partial charge in [-0.05, 0) is 37.5 Å². The monoisotopic (exact) mass is 433 g/mol. The Morgan fingerprint density at radius 1 is 1.09 bits per heavy atom. The van der Waals surface area contributed by atoms with E-state index in [1.807, 2.05) is 6.07 Å². The number of aromatic nitrogens is 1. The van der Waals surface area contributed by atoms with E-state index >= 15 is 0 Å². The molecule has 0 radical (unpaired) electrons. The predicted octanol–water partition coefficient (Wildman–Crippen LogP) is 4.53. The van der Waals surface area contributed by atoms with E-state index in [9.17, 15) is 4.79 Å². The van der Waals surface area contributed by atoms with Gasteiger partial charge in [0.2, 0.25) is 5.89 Å². The summed E-state index contributed by atoms with van der Waals surface area (Å²) in [5, 5.41) is 0. The van der Waals surface area contributed by atoms with E-state index in [-0.39, 0.29) is 11.9 Å². The van der Waals surface area contributed by atoms with Gasteiger partial charge in [-0.3, -0.25) is 9.69 Å². The molecule has 1 saturated heterocycles. The summed E-state index contributed by atoms with van der Waals surface area (Å²) in [5.41, 5.74) is 5.38. The molecule has 3 aromatic rings. The summed E-state index contributed by atoms with van der Waals surface area (Å²) < 4.78 is 11.1. The zero-order valence-corrected chi connectivity index (χ0v) is 19.1. The van der Waals surface area contributed by atoms with Crippen LogP contribution in [0.3, 0.4) is 0 Å². The molecular weight excluding hydrogens is 402 g/mol. The van der Waals surface area contributed by atoms with Crippen LogP contribution in [0.1, 0.15) is 51.6 Å². The number of hydrogen-bond acceptors (Lipinski definition) is 5. The van der Waals surface area contributed by atoms with Crippen molar-refractivity contribution >= 4 is 5.91 Å². The minimum absolute atomic E-state index is 0.0968. The second-order valence-electron chi connectivity index (χ2n) is 8.45. The Kier molecular flexibility index (Phi) is 7.02. The lowest BCUT2D eigenvalue weighted by Crippen LogP contribution is -2.40. The zero-order chi connectivity index (χ0) is 22.5. The Morgan fingerprint density at radius 3 is 2.59 bits per heavy atom. The van der Waals surface area contributed by atoms with Crippen molar-refractivity contribution in [3.8, 4) is 0 Å². The molecule has 2 aromatic carbocycles. The topological polar surface area (TPSA) is 58.8 Å². The number of amides is 1. The minimum Gasteiger partial charge on any atom is -0.447 e. The fourth-order valence-corrected chi connectivity index (χ4v) is 4.05. The first-order valence-corrected chi connectivity index (χ1v) is 11.2. The van der Waals surface area contributed by atoms with Crippen molar-refractivity contribution in [2.75, 3.05) is 26.3 Å². The van der Waals surface area contributed by atoms with Crippen molar-refractivity contribution in [1.82, 2.24) is 14.8 Å². The largest absolute Gasteiger partial charge is 0.447 e. The molecule has 0 N–H and O–H groups in total. The van der Waals surface area contributed by atoms with Crippen molar-refractivity contribution in [2.45, 2.75) is 39.9 Å². The van der Waals surface area contributed by atoms with E-state index in [0.717, 1.165) is 6.54 Å². The standard InChI is InChI=1S/C26H31N3O3/c1-19-9-10-20(2)23(15-19)16-29(21(3)22-7-5-4-6-8-22)17-25-27-24(18-32-25)26(30)28-11-13-31-14-12-28/h4-10,15,18,21H,11-14,16-17H2,1-3H3/t21-/m0/s1. The van der Waals surface area contributed by atoms with Crippen LogP contribution >= 0.6 is 0 Å². The van der Waals surface area contributed by atoms with E-state index in [2.05, 4.69) is 73.1 Å². The van der Waals surface area contributed by atoms with Gasteiger partial charge >= 0.3 is 0 Å². The number of rotatable bonds is 7. The smallest absolute Gasteiger partial charge is 0.275 e. The number of carbonyl (C=O) groups is 1. The molecule has 1 amide bonds. The van der Waals surface area contributed by atoms with Gasteiger partial charge in [0, 0.05) is 25.7 Å². The molecule has 1 aliphatic rings. The highest BCUT2D eigenvalue weighted by molar-refractivity contribution is 5.92. The van der Waals surface area contributed by atoms with Gasteiger partial charge in [-0.15, -0.1) is 0 Å². The average molecular weight is 434 g/mol. The summed E-state index contributed by atoms with van der Waals surface area (Å²) in [4.78, 5) is 21.4. The molecule has 1 aliphatic heterocycles. The first-order chi connectivity index (χ1) is 15.5. The SMILES string of the molecule is Cc1ccc(C)c(CN(Cc2nc(C(=O)N3CCOCC3)co2)[C@@H](C)c2ccccc2)c1. The quantitative estimate of drug-likeness (QED) is 0.548. The number of aryl methyl sites for hydroxylation is 2. The molecule has 168 valence electrons. The van der Waals surface area contributed by atoms with Crippen LogP contribution in [0.4, 0.5) is 0 Å². The molecule has 2 heterocycles. The maximum Gasteiger partial charge on any atom is 0.275 e. The van der Waals surface area contributed by atoms with Crippen molar-refractivity contribution in [2.24, 2.45) is 0 Å². The van der Waals surface area contributed by atoms with Gasteiger partial charge in [-0.25, -0.2) is 4.98 Å². The molecule has 1 fully saturated rings. The molecule has 32 heavy (non-hydrogen) atoms. The molecule has 0 spiro atoms. The predicted molar refractivity (Wildman–Crippen MR) is 123 cm³/mol. The molecule has 4 rings (SSSR count). The molecule has 0 bridgehead atoms. The third kappa shape index (κ3) is 5.26. The normalized spacial score (nSPS) is 15.2. The molecule has 0 aliphatic carbocycles. The number of ether oxygens (including phenoxy) is 1. The molecule has 0 unspecified atom stereocenters. The van der Waals surface area contributed by atoms with Crippen LogP contribution < -0.4 is 0 Å². The van der Waals surface area contributed by atoms with Gasteiger partial charge in [0.15, 0.2) is 5.69 Å². The molecule has 6 heteroatoms. The summed E-state index contributed by atoms with van der Waals surface area (Å²) in [7, 11) is 0. The first-order valence-electron chi connectivity index (χ1n) is 11.2. The lowest BCUT2D eigenvalue weighted by atomic mass is 10.0. The van der Waals surface area contributed by atoms with Gasteiger partial charge in [-0.2, -0.15) is 0 Å². The number of hydrogen-bond donors (Lipinski definition) is 0. The number of morpholine rings is 1. The number of carbonyl (C=O) groups excluding carboxylic acids is 1. The third-order valence-electron chi connectivity index (χ3n) is 6.12. The highest BCUT2D eigenvalue weighted by Crippen LogP contribution is 2.26. The number of benzene rings is 2. The van der Waals surface area contributed by atoms with Gasteiger partial charge in [0.1, 0.15) is 6.26 Å². The zero-order valence-electron chi connectivity index (χ0n) is 19.1. The molecule has 1 aromatic heterocycles. The summed E-state index contributed by atoms with van der Waals surface area (Å²) in [6.07, 6.45) is 1.48. The Hall–Kier alpha value is -2.96. The second-order valence-corrected chi connectivity index (χ2v) is 8.45. The average Bonchev–Trinajstić information content (AvgIpc) is 3.29. The van der Waals surface area contributed by atoms with Gasteiger partial charge in [-0.1, -0.05) is 54.1 Å². The maximum absolute atomic E-state index is 12.8. The Bertz CT molecular complexity index is 1040. The maximum atomic E-state index is 12.8. The van der Waals surface area contributed by atoms with Gasteiger partial charge in [0.05, 0.1) is 19.8 Å². The Balaban J connectivity index is 1.55. The number of nitrogens with zero attached hydrogens (tertiary/aromatic N) is 3. The number of oxazole rings is 1. The van der Waals surface area contributed by atoms with E-state index < -0.39 is 0 Å². The summed E-state index contributed by atoms with van der Waals surface area (Å²) in [6, 6.07) is 17.1. The van der Waals surface area contributed by atoms with Crippen molar-refractivity contribution in [3.05, 3.63) is 88.6 Å². The lowest BCUT2D eigenvalue weighted by Gasteiger charge is -2.29. The fourth-order valence-electron chi connectivity index (χ4n) is 4.05. The highest BCUT2D eigenvalue weighted by Gasteiger charge is 2.24. The third-order valence-corrected chi connectivity index (χ3v) is 6.12. The van der Waals surface area contributed by atoms with Crippen LogP contribution in [-0.2, 0) is 17.8 Å². The van der Waals surface area contributed by atoms with Crippen LogP contribution in [0.5, 0.6) is 0 Å². The van der Waals surface area contributed by atoms with Crippen LogP contribution in [0.2, 0.25) is 0 Å². The summed E-state index contributed by atoms with van der Waals surface area (Å²) in [6.45, 7) is 10.0. The summed E-state index contributed by atoms with van der Waals surface area (Å²) in [5.74, 6) is 0.454. The van der Waals surface area contributed by atoms with Gasteiger partial charge < -0.3 is 14.1 Å². The highest BCUT2D eigenvalue weighted by atomic mass is 16.5. The minimum atomic E-state index is -0.0968. The van der Waals surface area contributed by atoms with Crippen LogP contribution in [-0.4, -0.2) is 47.0 Å². The van der Waals surface area contributed by atoms with E-state index in [0.29, 0.717) is 44.4 Å². The van der Waals surface area contributed by atoms with Crippen LogP contribution in [0.25, 0.3) is 0 Å². The fraction of sp³-hybridized carbons (Fsp3) is 0.385. The van der Waals surface area contributed by atoms with Crippen LogP contribution in [0.15, 0.2) is 59.2 Å². The lowest BCUT2D eigenvalue weighted by molar-refractivity contribution is 0.0299. The Labute approximate surface area is 189 Å². The molecule has 6 nitrogen and oxygen atoms in total. The van der Waals surface area contributed by atoms with E-state index in [1.54, 1.807) is 4.90 Å². The Morgan fingerprint density at radius 2 is 1.84 bits per heavy atom. The van der Waals surface area contributed by atoms with Crippen LogP contribution in [0, 0.1) is 13.8 Å².